The molecular formula is C21H29N5O3S. The van der Waals surface area contributed by atoms with Gasteiger partial charge in [0.05, 0.1) is 18.4 Å². The highest BCUT2D eigenvalue weighted by Crippen LogP contribution is 2.35. The van der Waals surface area contributed by atoms with Gasteiger partial charge in [-0.15, -0.1) is 5.10 Å². The molecule has 0 aliphatic rings. The van der Waals surface area contributed by atoms with Gasteiger partial charge in [0, 0.05) is 26.3 Å². The minimum atomic E-state index is -0.177. The normalized spacial score (nSPS) is 11.3. The van der Waals surface area contributed by atoms with Crippen molar-refractivity contribution in [2.24, 2.45) is 7.05 Å². The summed E-state index contributed by atoms with van der Waals surface area (Å²) in [6, 6.07) is 5.85. The molecule has 2 heterocycles. The van der Waals surface area contributed by atoms with Gasteiger partial charge in [-0.1, -0.05) is 31.3 Å². The number of ether oxygens (including phenoxy) is 2. The number of carbonyl (C=O) groups is 1. The lowest BCUT2D eigenvalue weighted by Crippen LogP contribution is -2.38. The van der Waals surface area contributed by atoms with Gasteiger partial charge in [0.2, 0.25) is 5.88 Å². The summed E-state index contributed by atoms with van der Waals surface area (Å²) in [7, 11) is 3.29. The third kappa shape index (κ3) is 4.57. The van der Waals surface area contributed by atoms with Crippen molar-refractivity contribution < 1.29 is 14.3 Å². The standard InChI is InChI=1S/C21H29N5O3S/c1-6-25(7-2)12-13-26(20(27)15-14-24(4)23-19(15)28-5)21-22-18-16(29-8-3)10-9-11-17(18)30-21/h9-11,14H,6-8,12-13H2,1-5H3. The van der Waals surface area contributed by atoms with Gasteiger partial charge in [-0.25, -0.2) is 4.98 Å². The van der Waals surface area contributed by atoms with E-state index in [1.54, 1.807) is 22.8 Å². The smallest absolute Gasteiger partial charge is 0.267 e. The molecule has 0 saturated carbocycles. The van der Waals surface area contributed by atoms with E-state index in [2.05, 4.69) is 23.8 Å². The van der Waals surface area contributed by atoms with E-state index in [4.69, 9.17) is 14.5 Å². The summed E-state index contributed by atoms with van der Waals surface area (Å²) in [5.74, 6) is 0.864. The molecule has 8 nitrogen and oxygen atoms in total. The van der Waals surface area contributed by atoms with Crippen LogP contribution in [0.2, 0.25) is 0 Å². The number of para-hydroxylation sites is 1. The molecule has 0 N–H and O–H groups in total. The van der Waals surface area contributed by atoms with E-state index in [1.807, 2.05) is 25.1 Å². The Morgan fingerprint density at radius 2 is 1.97 bits per heavy atom. The van der Waals surface area contributed by atoms with Crippen LogP contribution in [0.3, 0.4) is 0 Å². The van der Waals surface area contributed by atoms with E-state index in [0.717, 1.165) is 35.6 Å². The Bertz CT molecular complexity index is 996. The lowest BCUT2D eigenvalue weighted by atomic mass is 10.3. The Labute approximate surface area is 181 Å². The zero-order valence-corrected chi connectivity index (χ0v) is 19.0. The van der Waals surface area contributed by atoms with Crippen LogP contribution in [-0.4, -0.2) is 65.5 Å². The molecule has 0 aliphatic heterocycles. The molecule has 0 atom stereocenters. The Hall–Kier alpha value is -2.65. The van der Waals surface area contributed by atoms with Gasteiger partial charge in [0.15, 0.2) is 5.13 Å². The van der Waals surface area contributed by atoms with Gasteiger partial charge in [-0.2, -0.15) is 0 Å². The van der Waals surface area contributed by atoms with Gasteiger partial charge < -0.3 is 14.4 Å². The maximum atomic E-state index is 13.5. The molecule has 3 rings (SSSR count). The second kappa shape index (κ2) is 9.90. The van der Waals surface area contributed by atoms with Crippen molar-refractivity contribution >= 4 is 32.6 Å². The highest BCUT2D eigenvalue weighted by atomic mass is 32.1. The van der Waals surface area contributed by atoms with Gasteiger partial charge in [-0.3, -0.25) is 14.4 Å². The molecule has 0 bridgehead atoms. The van der Waals surface area contributed by atoms with E-state index in [1.165, 1.54) is 18.4 Å². The summed E-state index contributed by atoms with van der Waals surface area (Å²) >= 11 is 1.48. The lowest BCUT2D eigenvalue weighted by molar-refractivity contribution is 0.0980. The molecular weight excluding hydrogens is 402 g/mol. The molecule has 0 unspecified atom stereocenters. The maximum Gasteiger partial charge on any atom is 0.267 e. The molecule has 0 radical (unpaired) electrons. The quantitative estimate of drug-likeness (QED) is 0.490. The number of nitrogens with zero attached hydrogens (tertiary/aromatic N) is 5. The number of methoxy groups -OCH3 is 1. The van der Waals surface area contributed by atoms with Crippen molar-refractivity contribution in [3.8, 4) is 11.6 Å². The predicted molar refractivity (Wildman–Crippen MR) is 120 cm³/mol. The van der Waals surface area contributed by atoms with E-state index in [9.17, 15) is 4.79 Å². The van der Waals surface area contributed by atoms with E-state index >= 15 is 0 Å². The maximum absolute atomic E-state index is 13.5. The summed E-state index contributed by atoms with van der Waals surface area (Å²) in [6.07, 6.45) is 1.69. The van der Waals surface area contributed by atoms with Crippen LogP contribution < -0.4 is 14.4 Å². The van der Waals surface area contributed by atoms with Crippen molar-refractivity contribution in [2.45, 2.75) is 20.8 Å². The number of hydrogen-bond donors (Lipinski definition) is 0. The van der Waals surface area contributed by atoms with Gasteiger partial charge in [0.1, 0.15) is 16.8 Å². The average molecular weight is 432 g/mol. The van der Waals surface area contributed by atoms with Crippen LogP contribution >= 0.6 is 11.3 Å². The van der Waals surface area contributed by atoms with Crippen molar-refractivity contribution in [2.75, 3.05) is 44.8 Å². The number of aryl methyl sites for hydroxylation is 1. The van der Waals surface area contributed by atoms with Gasteiger partial charge in [0.25, 0.3) is 5.91 Å². The van der Waals surface area contributed by atoms with Crippen LogP contribution in [0.5, 0.6) is 11.6 Å². The zero-order valence-electron chi connectivity index (χ0n) is 18.2. The van der Waals surface area contributed by atoms with E-state index < -0.39 is 0 Å². The lowest BCUT2D eigenvalue weighted by Gasteiger charge is -2.24. The second-order valence-electron chi connectivity index (χ2n) is 6.74. The Balaban J connectivity index is 2.01. The third-order valence-electron chi connectivity index (χ3n) is 4.90. The molecule has 9 heteroatoms. The SMILES string of the molecule is CCOc1cccc2sc(N(CCN(CC)CC)C(=O)c3cn(C)nc3OC)nc12. The van der Waals surface area contributed by atoms with Crippen LogP contribution in [-0.2, 0) is 7.05 Å². The molecule has 0 saturated heterocycles. The highest BCUT2D eigenvalue weighted by Gasteiger charge is 2.27. The number of anilines is 1. The largest absolute Gasteiger partial charge is 0.492 e. The van der Waals surface area contributed by atoms with Gasteiger partial charge >= 0.3 is 0 Å². The summed E-state index contributed by atoms with van der Waals surface area (Å²) < 4.78 is 13.6. The van der Waals surface area contributed by atoms with Crippen molar-refractivity contribution in [1.82, 2.24) is 19.7 Å². The number of carbonyl (C=O) groups excluding carboxylic acids is 1. The fraction of sp³-hybridized carbons (Fsp3) is 0.476. The van der Waals surface area contributed by atoms with E-state index in [0.29, 0.717) is 29.7 Å². The van der Waals surface area contributed by atoms with Crippen molar-refractivity contribution in [3.63, 3.8) is 0 Å². The number of rotatable bonds is 10. The number of thiazole rings is 1. The molecule has 2 aromatic heterocycles. The first-order chi connectivity index (χ1) is 14.5. The molecule has 1 aromatic carbocycles. The van der Waals surface area contributed by atoms with Crippen LogP contribution in [0, 0.1) is 0 Å². The minimum absolute atomic E-state index is 0.177. The number of amides is 1. The monoisotopic (exact) mass is 431 g/mol. The second-order valence-corrected chi connectivity index (χ2v) is 7.75. The Morgan fingerprint density at radius 3 is 2.63 bits per heavy atom. The Kier molecular flexibility index (Phi) is 7.28. The molecule has 0 fully saturated rings. The number of fused-ring (bicyclic) bond motifs is 1. The fourth-order valence-corrected chi connectivity index (χ4v) is 4.28. The summed E-state index contributed by atoms with van der Waals surface area (Å²) in [6.45, 7) is 9.84. The van der Waals surface area contributed by atoms with Gasteiger partial charge in [-0.05, 0) is 32.1 Å². The van der Waals surface area contributed by atoms with Crippen molar-refractivity contribution in [3.05, 3.63) is 30.0 Å². The average Bonchev–Trinajstić information content (AvgIpc) is 3.35. The van der Waals surface area contributed by atoms with E-state index in [-0.39, 0.29) is 5.91 Å². The predicted octanol–water partition coefficient (Wildman–Crippen LogP) is 3.43. The number of aromatic nitrogens is 3. The first-order valence-electron chi connectivity index (χ1n) is 10.2. The number of benzene rings is 1. The van der Waals surface area contributed by atoms with Crippen LogP contribution in [0.15, 0.2) is 24.4 Å². The fourth-order valence-electron chi connectivity index (χ4n) is 3.28. The summed E-state index contributed by atoms with van der Waals surface area (Å²) in [4.78, 5) is 22.3. The minimum Gasteiger partial charge on any atom is -0.492 e. The molecule has 1 amide bonds. The summed E-state index contributed by atoms with van der Waals surface area (Å²) in [5, 5.41) is 4.87. The van der Waals surface area contributed by atoms with Crippen molar-refractivity contribution in [1.29, 1.82) is 0 Å². The molecule has 0 spiro atoms. The van der Waals surface area contributed by atoms with Crippen LogP contribution in [0.1, 0.15) is 31.1 Å². The first-order valence-corrected chi connectivity index (χ1v) is 11.0. The topological polar surface area (TPSA) is 72.7 Å². The first kappa shape index (κ1) is 22.0. The zero-order chi connectivity index (χ0) is 21.7. The number of hydrogen-bond acceptors (Lipinski definition) is 7. The molecule has 0 aliphatic carbocycles. The molecule has 162 valence electrons. The number of likely N-dealkylation sites (N-methyl/N-ethyl adjacent to an activating group) is 1. The summed E-state index contributed by atoms with van der Waals surface area (Å²) in [5.41, 5.74) is 1.20. The molecule has 30 heavy (non-hydrogen) atoms. The van der Waals surface area contributed by atoms with Crippen LogP contribution in [0.25, 0.3) is 10.2 Å². The molecule has 3 aromatic rings. The highest BCUT2D eigenvalue weighted by molar-refractivity contribution is 7.22. The third-order valence-corrected chi connectivity index (χ3v) is 5.94. The Morgan fingerprint density at radius 1 is 1.20 bits per heavy atom. The van der Waals surface area contributed by atoms with Crippen LogP contribution in [0.4, 0.5) is 5.13 Å².